The van der Waals surface area contributed by atoms with E-state index in [4.69, 9.17) is 4.42 Å². The molecule has 0 atom stereocenters. The second kappa shape index (κ2) is 6.06. The maximum absolute atomic E-state index is 12.1. The zero-order valence-corrected chi connectivity index (χ0v) is 13.6. The molecule has 21 heavy (non-hydrogen) atoms. The van der Waals surface area contributed by atoms with E-state index < -0.39 is 0 Å². The molecular weight excluding hydrogens is 330 g/mol. The Kier molecular flexibility index (Phi) is 4.15. The molecule has 0 N–H and O–H groups in total. The van der Waals surface area contributed by atoms with Crippen molar-refractivity contribution in [2.24, 2.45) is 5.92 Å². The molecule has 1 amide bonds. The van der Waals surface area contributed by atoms with Crippen LogP contribution < -0.4 is 0 Å². The molecule has 0 bridgehead atoms. The zero-order chi connectivity index (χ0) is 14.8. The van der Waals surface area contributed by atoms with Crippen molar-refractivity contribution in [3.05, 3.63) is 46.6 Å². The second-order valence-corrected chi connectivity index (χ2v) is 6.51. The van der Waals surface area contributed by atoms with Crippen LogP contribution in [0.5, 0.6) is 0 Å². The number of furan rings is 1. The fourth-order valence-electron chi connectivity index (χ4n) is 2.51. The van der Waals surface area contributed by atoms with E-state index in [0.717, 1.165) is 34.4 Å². The van der Waals surface area contributed by atoms with Gasteiger partial charge in [0.05, 0.1) is 6.54 Å². The molecule has 1 fully saturated rings. The second-order valence-electron chi connectivity index (χ2n) is 5.59. The highest BCUT2D eigenvalue weighted by atomic mass is 79.9. The molecule has 1 saturated carbocycles. The van der Waals surface area contributed by atoms with E-state index >= 15 is 0 Å². The van der Waals surface area contributed by atoms with Crippen LogP contribution >= 0.6 is 15.9 Å². The summed E-state index contributed by atoms with van der Waals surface area (Å²) in [5.74, 6) is 2.13. The number of nitrogens with zero attached hydrogens (tertiary/aromatic N) is 1. The summed E-state index contributed by atoms with van der Waals surface area (Å²) in [7, 11) is 1.85. The number of hydrogen-bond acceptors (Lipinski definition) is 2. The van der Waals surface area contributed by atoms with Gasteiger partial charge in [0.25, 0.3) is 0 Å². The summed E-state index contributed by atoms with van der Waals surface area (Å²) in [5.41, 5.74) is 1.04. The van der Waals surface area contributed by atoms with Crippen LogP contribution in [0.4, 0.5) is 0 Å². The van der Waals surface area contributed by atoms with Crippen LogP contribution in [0.25, 0.3) is 11.3 Å². The Balaban J connectivity index is 1.67. The molecule has 1 aliphatic carbocycles. The Labute approximate surface area is 133 Å². The lowest BCUT2D eigenvalue weighted by molar-refractivity contribution is -0.137. The number of halogens is 1. The van der Waals surface area contributed by atoms with Crippen LogP contribution in [-0.2, 0) is 11.3 Å². The summed E-state index contributed by atoms with van der Waals surface area (Å²) < 4.78 is 6.90. The van der Waals surface area contributed by atoms with Crippen molar-refractivity contribution in [1.29, 1.82) is 0 Å². The molecule has 0 spiro atoms. The molecule has 1 aromatic heterocycles. The Bertz CT molecular complexity index is 628. The first kappa shape index (κ1) is 14.4. The van der Waals surface area contributed by atoms with Gasteiger partial charge >= 0.3 is 0 Å². The fraction of sp³-hybridized carbons (Fsp3) is 0.353. The van der Waals surface area contributed by atoms with E-state index in [1.165, 1.54) is 6.42 Å². The first-order chi connectivity index (χ1) is 10.1. The van der Waals surface area contributed by atoms with Crippen LogP contribution in [-0.4, -0.2) is 17.9 Å². The number of benzene rings is 1. The third-order valence-corrected chi connectivity index (χ3v) is 4.54. The average Bonchev–Trinajstić information content (AvgIpc) is 2.86. The van der Waals surface area contributed by atoms with Crippen LogP contribution in [0, 0.1) is 5.92 Å². The predicted octanol–water partition coefficient (Wildman–Crippen LogP) is 4.47. The highest BCUT2D eigenvalue weighted by Crippen LogP contribution is 2.29. The smallest absolute Gasteiger partial charge is 0.225 e. The van der Waals surface area contributed by atoms with E-state index in [0.29, 0.717) is 6.54 Å². The Morgan fingerprint density at radius 3 is 2.57 bits per heavy atom. The van der Waals surface area contributed by atoms with Crippen LogP contribution in [0.2, 0.25) is 0 Å². The molecular formula is C17H18BrNO2. The monoisotopic (exact) mass is 347 g/mol. The van der Waals surface area contributed by atoms with Crippen LogP contribution in [0.1, 0.15) is 25.0 Å². The minimum Gasteiger partial charge on any atom is -0.459 e. The quantitative estimate of drug-likeness (QED) is 0.817. The van der Waals surface area contributed by atoms with E-state index in [1.807, 2.05) is 43.4 Å². The van der Waals surface area contributed by atoms with E-state index in [1.54, 1.807) is 4.90 Å². The molecule has 1 heterocycles. The summed E-state index contributed by atoms with van der Waals surface area (Å²) in [6.45, 7) is 0.534. The lowest BCUT2D eigenvalue weighted by atomic mass is 9.84. The van der Waals surface area contributed by atoms with Gasteiger partial charge in [-0.15, -0.1) is 0 Å². The highest BCUT2D eigenvalue weighted by Gasteiger charge is 2.28. The fourth-order valence-corrected chi connectivity index (χ4v) is 2.78. The standard InChI is InChI=1S/C17H18BrNO2/c1-19(17(20)13-3-2-4-13)11-15-9-10-16(21-15)12-5-7-14(18)8-6-12/h5-10,13H,2-4,11H2,1H3. The third kappa shape index (κ3) is 3.21. The molecule has 0 saturated heterocycles. The van der Waals surface area contributed by atoms with Crippen molar-refractivity contribution in [3.63, 3.8) is 0 Å². The Morgan fingerprint density at radius 1 is 1.24 bits per heavy atom. The normalized spacial score (nSPS) is 14.8. The number of carbonyl (C=O) groups excluding carboxylic acids is 1. The number of rotatable bonds is 4. The summed E-state index contributed by atoms with van der Waals surface area (Å²) in [6, 6.07) is 11.9. The van der Waals surface area contributed by atoms with Gasteiger partial charge in [-0.3, -0.25) is 4.79 Å². The van der Waals surface area contributed by atoms with E-state index in [2.05, 4.69) is 15.9 Å². The highest BCUT2D eigenvalue weighted by molar-refractivity contribution is 9.10. The van der Waals surface area contributed by atoms with Gasteiger partial charge in [-0.05, 0) is 37.1 Å². The van der Waals surface area contributed by atoms with Crippen LogP contribution in [0.3, 0.4) is 0 Å². The van der Waals surface area contributed by atoms with Gasteiger partial charge in [0.1, 0.15) is 11.5 Å². The van der Waals surface area contributed by atoms with Gasteiger partial charge in [0.15, 0.2) is 0 Å². The van der Waals surface area contributed by atoms with Crippen molar-refractivity contribution >= 4 is 21.8 Å². The Morgan fingerprint density at radius 2 is 1.95 bits per heavy atom. The van der Waals surface area contributed by atoms with Gasteiger partial charge in [0, 0.05) is 23.0 Å². The summed E-state index contributed by atoms with van der Waals surface area (Å²) in [4.78, 5) is 13.9. The molecule has 0 unspecified atom stereocenters. The maximum atomic E-state index is 12.1. The Hall–Kier alpha value is -1.55. The summed E-state index contributed by atoms with van der Waals surface area (Å²) in [6.07, 6.45) is 3.25. The molecule has 1 aliphatic rings. The zero-order valence-electron chi connectivity index (χ0n) is 12.0. The van der Waals surface area contributed by atoms with Crippen molar-refractivity contribution in [1.82, 2.24) is 4.90 Å². The first-order valence-electron chi connectivity index (χ1n) is 7.23. The van der Waals surface area contributed by atoms with Crippen molar-refractivity contribution in [2.45, 2.75) is 25.8 Å². The van der Waals surface area contributed by atoms with Crippen molar-refractivity contribution in [3.8, 4) is 11.3 Å². The molecule has 2 aromatic rings. The summed E-state index contributed by atoms with van der Waals surface area (Å²) in [5, 5.41) is 0. The van der Waals surface area contributed by atoms with Gasteiger partial charge in [-0.25, -0.2) is 0 Å². The van der Waals surface area contributed by atoms with Crippen LogP contribution in [0.15, 0.2) is 45.3 Å². The molecule has 3 rings (SSSR count). The minimum absolute atomic E-state index is 0.232. The number of amides is 1. The predicted molar refractivity (Wildman–Crippen MR) is 85.7 cm³/mol. The lowest BCUT2D eigenvalue weighted by Crippen LogP contribution is -2.35. The van der Waals surface area contributed by atoms with Gasteiger partial charge in [-0.2, -0.15) is 0 Å². The van der Waals surface area contributed by atoms with Gasteiger partial charge < -0.3 is 9.32 Å². The molecule has 0 aliphatic heterocycles. The number of hydrogen-bond donors (Lipinski definition) is 0. The van der Waals surface area contributed by atoms with Crippen molar-refractivity contribution in [2.75, 3.05) is 7.05 Å². The SMILES string of the molecule is CN(Cc1ccc(-c2ccc(Br)cc2)o1)C(=O)C1CCC1. The van der Waals surface area contributed by atoms with Gasteiger partial charge in [-0.1, -0.05) is 34.5 Å². The first-order valence-corrected chi connectivity index (χ1v) is 8.02. The molecule has 4 heteroatoms. The van der Waals surface area contributed by atoms with Crippen molar-refractivity contribution < 1.29 is 9.21 Å². The average molecular weight is 348 g/mol. The van der Waals surface area contributed by atoms with Gasteiger partial charge in [0.2, 0.25) is 5.91 Å². The topological polar surface area (TPSA) is 33.5 Å². The largest absolute Gasteiger partial charge is 0.459 e. The lowest BCUT2D eigenvalue weighted by Gasteiger charge is -2.28. The molecule has 0 radical (unpaired) electrons. The van der Waals surface area contributed by atoms with E-state index in [-0.39, 0.29) is 11.8 Å². The minimum atomic E-state index is 0.232. The molecule has 1 aromatic carbocycles. The molecule has 110 valence electrons. The molecule has 3 nitrogen and oxygen atoms in total. The summed E-state index contributed by atoms with van der Waals surface area (Å²) >= 11 is 3.42. The maximum Gasteiger partial charge on any atom is 0.225 e. The third-order valence-electron chi connectivity index (χ3n) is 4.01. The van der Waals surface area contributed by atoms with E-state index in [9.17, 15) is 4.79 Å². The number of carbonyl (C=O) groups is 1.